The Kier molecular flexibility index (Phi) is 6.40. The number of hydrogen-bond acceptors (Lipinski definition) is 4. The molecule has 0 aliphatic carbocycles. The van der Waals surface area contributed by atoms with E-state index in [0.717, 1.165) is 33.7 Å². The molecule has 0 saturated carbocycles. The molecule has 0 bridgehead atoms. The maximum atomic E-state index is 12.8. The van der Waals surface area contributed by atoms with Gasteiger partial charge in [0.1, 0.15) is 12.4 Å². The summed E-state index contributed by atoms with van der Waals surface area (Å²) in [5.74, 6) is 0.633. The Morgan fingerprint density at radius 1 is 1.04 bits per heavy atom. The van der Waals surface area contributed by atoms with Gasteiger partial charge in [-0.05, 0) is 49.2 Å². The van der Waals surface area contributed by atoms with Crippen molar-refractivity contribution in [2.45, 2.75) is 27.1 Å². The summed E-state index contributed by atoms with van der Waals surface area (Å²) in [5.41, 5.74) is 5.11. The Morgan fingerprint density at radius 2 is 1.79 bits per heavy atom. The molecule has 0 aliphatic rings. The van der Waals surface area contributed by atoms with Crippen molar-refractivity contribution in [3.05, 3.63) is 88.7 Å². The van der Waals surface area contributed by atoms with Gasteiger partial charge in [0, 0.05) is 41.9 Å². The number of rotatable bonds is 7. The summed E-state index contributed by atoms with van der Waals surface area (Å²) in [6.07, 6.45) is 3.52. The molecule has 3 aromatic rings. The number of para-hydroxylation sites is 1. The number of amides is 1. The van der Waals surface area contributed by atoms with Crippen molar-refractivity contribution >= 4 is 11.6 Å². The van der Waals surface area contributed by atoms with E-state index in [4.69, 9.17) is 9.47 Å². The van der Waals surface area contributed by atoms with Gasteiger partial charge < -0.3 is 14.8 Å². The highest BCUT2D eigenvalue weighted by Crippen LogP contribution is 2.26. The number of carbonyl (C=O) groups is 1. The highest BCUT2D eigenvalue weighted by Gasteiger charge is 2.13. The Labute approximate surface area is 165 Å². The summed E-state index contributed by atoms with van der Waals surface area (Å²) in [6, 6.07) is 15.2. The lowest BCUT2D eigenvalue weighted by atomic mass is 10.0. The maximum Gasteiger partial charge on any atom is 0.255 e. The summed E-state index contributed by atoms with van der Waals surface area (Å²) in [4.78, 5) is 16.9. The number of pyridine rings is 1. The zero-order chi connectivity index (χ0) is 19.9. The minimum atomic E-state index is -0.159. The molecule has 0 saturated heterocycles. The van der Waals surface area contributed by atoms with Gasteiger partial charge in [-0.2, -0.15) is 0 Å². The fraction of sp³-hybridized carbons (Fsp3) is 0.217. The zero-order valence-corrected chi connectivity index (χ0v) is 16.4. The summed E-state index contributed by atoms with van der Waals surface area (Å²) in [7, 11) is 1.63. The van der Waals surface area contributed by atoms with Gasteiger partial charge in [0.25, 0.3) is 5.91 Å². The Hall–Kier alpha value is -3.18. The first-order chi connectivity index (χ1) is 13.6. The molecular formula is C23H24N2O3. The van der Waals surface area contributed by atoms with E-state index in [1.165, 1.54) is 0 Å². The first-order valence-electron chi connectivity index (χ1n) is 9.09. The first kappa shape index (κ1) is 19.6. The minimum Gasteiger partial charge on any atom is -0.488 e. The van der Waals surface area contributed by atoms with Crippen molar-refractivity contribution < 1.29 is 14.3 Å². The number of hydrogen-bond donors (Lipinski definition) is 1. The van der Waals surface area contributed by atoms with Gasteiger partial charge in [0.2, 0.25) is 0 Å². The molecule has 144 valence electrons. The molecule has 5 nitrogen and oxygen atoms in total. The number of aryl methyl sites for hydroxylation is 2. The van der Waals surface area contributed by atoms with Crippen LogP contribution in [0.3, 0.4) is 0 Å². The van der Waals surface area contributed by atoms with Gasteiger partial charge in [-0.3, -0.25) is 9.78 Å². The lowest BCUT2D eigenvalue weighted by molar-refractivity contribution is 0.102. The molecule has 3 rings (SSSR count). The van der Waals surface area contributed by atoms with Crippen LogP contribution < -0.4 is 10.1 Å². The zero-order valence-electron chi connectivity index (χ0n) is 16.4. The van der Waals surface area contributed by atoms with E-state index in [1.807, 2.05) is 62.4 Å². The van der Waals surface area contributed by atoms with Gasteiger partial charge in [0.15, 0.2) is 0 Å². The highest BCUT2D eigenvalue weighted by molar-refractivity contribution is 6.05. The lowest BCUT2D eigenvalue weighted by Gasteiger charge is -2.15. The Balaban J connectivity index is 1.75. The standard InChI is InChI=1S/C23H24N2O3/c1-16-11-20(23(26)25-21-9-5-4-8-19(21)15-27-3)12-17(2)22(16)28-14-18-7-6-10-24-13-18/h4-13H,14-15H2,1-3H3,(H,25,26). The predicted molar refractivity (Wildman–Crippen MR) is 110 cm³/mol. The Morgan fingerprint density at radius 3 is 2.46 bits per heavy atom. The van der Waals surface area contributed by atoms with Crippen LogP contribution >= 0.6 is 0 Å². The van der Waals surface area contributed by atoms with Crippen molar-refractivity contribution in [3.8, 4) is 5.75 Å². The number of methoxy groups -OCH3 is 1. The molecule has 1 aromatic heterocycles. The van der Waals surface area contributed by atoms with Crippen LogP contribution in [0.1, 0.15) is 32.6 Å². The van der Waals surface area contributed by atoms with Crippen LogP contribution in [0, 0.1) is 13.8 Å². The maximum absolute atomic E-state index is 12.8. The van der Waals surface area contributed by atoms with Crippen molar-refractivity contribution in [3.63, 3.8) is 0 Å². The number of carbonyl (C=O) groups excluding carboxylic acids is 1. The normalized spacial score (nSPS) is 10.5. The molecule has 0 spiro atoms. The number of aromatic nitrogens is 1. The topological polar surface area (TPSA) is 60.5 Å². The van der Waals surface area contributed by atoms with E-state index in [-0.39, 0.29) is 5.91 Å². The van der Waals surface area contributed by atoms with E-state index in [0.29, 0.717) is 18.8 Å². The van der Waals surface area contributed by atoms with Crippen LogP contribution in [-0.2, 0) is 18.0 Å². The molecule has 0 unspecified atom stereocenters. The van der Waals surface area contributed by atoms with Crippen LogP contribution in [0.4, 0.5) is 5.69 Å². The molecule has 2 aromatic carbocycles. The van der Waals surface area contributed by atoms with Gasteiger partial charge in [-0.1, -0.05) is 24.3 Å². The van der Waals surface area contributed by atoms with E-state index in [9.17, 15) is 4.79 Å². The number of nitrogens with one attached hydrogen (secondary N) is 1. The van der Waals surface area contributed by atoms with Crippen LogP contribution in [-0.4, -0.2) is 18.0 Å². The second kappa shape index (κ2) is 9.15. The first-order valence-corrected chi connectivity index (χ1v) is 9.09. The number of ether oxygens (including phenoxy) is 2. The number of anilines is 1. The van der Waals surface area contributed by atoms with E-state index in [2.05, 4.69) is 10.3 Å². The van der Waals surface area contributed by atoms with Crippen LogP contribution in [0.15, 0.2) is 60.9 Å². The fourth-order valence-electron chi connectivity index (χ4n) is 3.07. The molecule has 0 radical (unpaired) electrons. The fourth-order valence-corrected chi connectivity index (χ4v) is 3.07. The molecule has 0 atom stereocenters. The molecule has 1 N–H and O–H groups in total. The summed E-state index contributed by atoms with van der Waals surface area (Å²) in [6.45, 7) is 4.77. The Bertz CT molecular complexity index is 932. The molecule has 0 fully saturated rings. The molecule has 28 heavy (non-hydrogen) atoms. The van der Waals surface area contributed by atoms with E-state index < -0.39 is 0 Å². The summed E-state index contributed by atoms with van der Waals surface area (Å²) >= 11 is 0. The second-order valence-electron chi connectivity index (χ2n) is 6.63. The second-order valence-corrected chi connectivity index (χ2v) is 6.63. The van der Waals surface area contributed by atoms with Gasteiger partial charge in [0.05, 0.1) is 6.61 Å². The molecule has 1 amide bonds. The summed E-state index contributed by atoms with van der Waals surface area (Å²) < 4.78 is 11.2. The average molecular weight is 376 g/mol. The van der Waals surface area contributed by atoms with Gasteiger partial charge in [-0.15, -0.1) is 0 Å². The molecule has 1 heterocycles. The predicted octanol–water partition coefficient (Wildman–Crippen LogP) is 4.68. The monoisotopic (exact) mass is 376 g/mol. The third-order valence-corrected chi connectivity index (χ3v) is 4.39. The number of nitrogens with zero attached hydrogens (tertiary/aromatic N) is 1. The third-order valence-electron chi connectivity index (χ3n) is 4.39. The average Bonchev–Trinajstić information content (AvgIpc) is 2.69. The summed E-state index contributed by atoms with van der Waals surface area (Å²) in [5, 5.41) is 2.98. The largest absolute Gasteiger partial charge is 0.488 e. The van der Waals surface area contributed by atoms with E-state index in [1.54, 1.807) is 19.5 Å². The molecule has 0 aliphatic heterocycles. The van der Waals surface area contributed by atoms with Crippen LogP contribution in [0.25, 0.3) is 0 Å². The van der Waals surface area contributed by atoms with Crippen molar-refractivity contribution in [1.82, 2.24) is 4.98 Å². The van der Waals surface area contributed by atoms with Crippen molar-refractivity contribution in [2.24, 2.45) is 0 Å². The lowest BCUT2D eigenvalue weighted by Crippen LogP contribution is -2.14. The smallest absolute Gasteiger partial charge is 0.255 e. The van der Waals surface area contributed by atoms with Crippen molar-refractivity contribution in [1.29, 1.82) is 0 Å². The minimum absolute atomic E-state index is 0.159. The van der Waals surface area contributed by atoms with Gasteiger partial charge >= 0.3 is 0 Å². The van der Waals surface area contributed by atoms with E-state index >= 15 is 0 Å². The SMILES string of the molecule is COCc1ccccc1NC(=O)c1cc(C)c(OCc2cccnc2)c(C)c1. The van der Waals surface area contributed by atoms with Crippen molar-refractivity contribution in [2.75, 3.05) is 12.4 Å². The number of benzene rings is 2. The quantitative estimate of drug-likeness (QED) is 0.651. The van der Waals surface area contributed by atoms with Gasteiger partial charge in [-0.25, -0.2) is 0 Å². The molecular weight excluding hydrogens is 352 g/mol. The molecule has 5 heteroatoms. The third kappa shape index (κ3) is 4.75. The highest BCUT2D eigenvalue weighted by atomic mass is 16.5. The van der Waals surface area contributed by atoms with Crippen LogP contribution in [0.5, 0.6) is 5.75 Å². The van der Waals surface area contributed by atoms with Crippen LogP contribution in [0.2, 0.25) is 0 Å².